The molecule has 1 aliphatic heterocycles. The molecule has 1 aromatic heterocycles. The van der Waals surface area contributed by atoms with Gasteiger partial charge in [0.05, 0.1) is 16.6 Å². The lowest BCUT2D eigenvalue weighted by molar-refractivity contribution is 0.0679. The number of anilines is 1. The van der Waals surface area contributed by atoms with Gasteiger partial charge in [-0.2, -0.15) is 0 Å². The van der Waals surface area contributed by atoms with Gasteiger partial charge in [0.15, 0.2) is 0 Å². The minimum Gasteiger partial charge on any atom is -0.331 e. The fourth-order valence-electron chi connectivity index (χ4n) is 3.71. The smallest absolute Gasteiger partial charge is 0.264 e. The van der Waals surface area contributed by atoms with Crippen molar-refractivity contribution in [3.63, 3.8) is 0 Å². The molecule has 3 aromatic rings. The van der Waals surface area contributed by atoms with E-state index in [0.29, 0.717) is 22.8 Å². The van der Waals surface area contributed by atoms with Gasteiger partial charge in [-0.1, -0.05) is 23.7 Å². The van der Waals surface area contributed by atoms with Crippen LogP contribution < -0.4 is 4.31 Å². The van der Waals surface area contributed by atoms with Gasteiger partial charge in [-0.05, 0) is 66.8 Å². The van der Waals surface area contributed by atoms with E-state index in [1.165, 1.54) is 33.9 Å². The summed E-state index contributed by atoms with van der Waals surface area (Å²) >= 11 is 7.72. The average Bonchev–Trinajstić information content (AvgIpc) is 3.23. The second kappa shape index (κ2) is 8.06. The first-order chi connectivity index (χ1) is 14.3. The van der Waals surface area contributed by atoms with Crippen LogP contribution in [-0.2, 0) is 16.4 Å². The predicted octanol–water partition coefficient (Wildman–Crippen LogP) is 4.99. The van der Waals surface area contributed by atoms with Crippen LogP contribution >= 0.6 is 22.9 Å². The molecule has 1 atom stereocenters. The molecule has 0 aliphatic carbocycles. The molecule has 0 spiro atoms. The Labute approximate surface area is 185 Å². The third-order valence-electron chi connectivity index (χ3n) is 5.45. The highest BCUT2D eigenvalue weighted by molar-refractivity contribution is 7.92. The van der Waals surface area contributed by atoms with Gasteiger partial charge >= 0.3 is 0 Å². The summed E-state index contributed by atoms with van der Waals surface area (Å²) in [6.45, 7) is 2.63. The Bertz CT molecular complexity index is 1210. The van der Waals surface area contributed by atoms with Gasteiger partial charge in [0.2, 0.25) is 0 Å². The summed E-state index contributed by atoms with van der Waals surface area (Å²) in [6.07, 6.45) is 0.818. The van der Waals surface area contributed by atoms with Crippen molar-refractivity contribution >= 4 is 44.6 Å². The Morgan fingerprint density at radius 1 is 1.17 bits per heavy atom. The maximum atomic E-state index is 13.2. The Kier molecular flexibility index (Phi) is 5.61. The van der Waals surface area contributed by atoms with Crippen molar-refractivity contribution in [3.05, 3.63) is 81.0 Å². The van der Waals surface area contributed by atoms with E-state index >= 15 is 0 Å². The van der Waals surface area contributed by atoms with Crippen molar-refractivity contribution in [2.45, 2.75) is 24.3 Å². The molecule has 0 bridgehead atoms. The first kappa shape index (κ1) is 20.9. The zero-order chi connectivity index (χ0) is 21.5. The summed E-state index contributed by atoms with van der Waals surface area (Å²) in [6, 6.07) is 14.9. The van der Waals surface area contributed by atoms with Crippen LogP contribution in [0, 0.1) is 0 Å². The maximum absolute atomic E-state index is 13.2. The zero-order valence-electron chi connectivity index (χ0n) is 16.6. The lowest BCUT2D eigenvalue weighted by Gasteiger charge is -2.33. The fourth-order valence-corrected chi connectivity index (χ4v) is 6.09. The quantitative estimate of drug-likeness (QED) is 0.551. The topological polar surface area (TPSA) is 57.7 Å². The monoisotopic (exact) mass is 460 g/mol. The number of sulfonamides is 1. The minimum atomic E-state index is -3.84. The first-order valence-electron chi connectivity index (χ1n) is 9.51. The Balaban J connectivity index is 1.63. The van der Waals surface area contributed by atoms with Crippen LogP contribution in [0.1, 0.15) is 33.8 Å². The summed E-state index contributed by atoms with van der Waals surface area (Å²) in [5.41, 5.74) is 1.99. The van der Waals surface area contributed by atoms with Gasteiger partial charge in [0.25, 0.3) is 15.9 Å². The lowest BCUT2D eigenvalue weighted by atomic mass is 10.0. The number of thiophene rings is 1. The molecule has 0 saturated carbocycles. The zero-order valence-corrected chi connectivity index (χ0v) is 19.0. The third-order valence-corrected chi connectivity index (χ3v) is 8.46. The van der Waals surface area contributed by atoms with E-state index in [4.69, 9.17) is 11.6 Å². The number of halogens is 1. The molecular formula is C22H21ClN2O3S2. The molecule has 0 unspecified atom stereocenters. The van der Waals surface area contributed by atoms with E-state index in [2.05, 4.69) is 6.07 Å². The van der Waals surface area contributed by atoms with Crippen LogP contribution in [-0.4, -0.2) is 32.8 Å². The van der Waals surface area contributed by atoms with Crippen LogP contribution in [0.25, 0.3) is 0 Å². The van der Waals surface area contributed by atoms with E-state index in [1.54, 1.807) is 47.7 Å². The number of amides is 1. The second-order valence-corrected chi connectivity index (χ2v) is 10.6. The number of hydrogen-bond acceptors (Lipinski definition) is 4. The molecule has 8 heteroatoms. The van der Waals surface area contributed by atoms with E-state index in [9.17, 15) is 13.2 Å². The van der Waals surface area contributed by atoms with Crippen molar-refractivity contribution in [2.24, 2.45) is 0 Å². The molecule has 2 aromatic carbocycles. The van der Waals surface area contributed by atoms with Gasteiger partial charge in [-0.15, -0.1) is 11.3 Å². The molecule has 0 saturated heterocycles. The second-order valence-electron chi connectivity index (χ2n) is 7.20. The van der Waals surface area contributed by atoms with Crippen molar-refractivity contribution in [2.75, 3.05) is 17.9 Å². The number of fused-ring (bicyclic) bond motifs is 1. The van der Waals surface area contributed by atoms with E-state index < -0.39 is 10.0 Å². The SMILES string of the molecule is C[C@@H]1c2ccsc2CCN1C(=O)c1cccc(S(=O)(=O)N(C)c2cccc(Cl)c2)c1. The highest BCUT2D eigenvalue weighted by atomic mass is 35.5. The van der Waals surface area contributed by atoms with Gasteiger partial charge in [0, 0.05) is 29.1 Å². The van der Waals surface area contributed by atoms with Gasteiger partial charge < -0.3 is 4.90 Å². The van der Waals surface area contributed by atoms with Crippen LogP contribution in [0.4, 0.5) is 5.69 Å². The molecular weight excluding hydrogens is 440 g/mol. The lowest BCUT2D eigenvalue weighted by Crippen LogP contribution is -2.38. The van der Waals surface area contributed by atoms with Crippen LogP contribution in [0.2, 0.25) is 5.02 Å². The summed E-state index contributed by atoms with van der Waals surface area (Å²) in [5.74, 6) is -0.165. The molecule has 30 heavy (non-hydrogen) atoms. The number of benzene rings is 2. The van der Waals surface area contributed by atoms with Crippen LogP contribution in [0.5, 0.6) is 0 Å². The highest BCUT2D eigenvalue weighted by Crippen LogP contribution is 2.34. The largest absolute Gasteiger partial charge is 0.331 e. The number of carbonyl (C=O) groups is 1. The number of hydrogen-bond donors (Lipinski definition) is 0. The normalized spacial score (nSPS) is 16.2. The van der Waals surface area contributed by atoms with Crippen molar-refractivity contribution in [3.8, 4) is 0 Å². The molecule has 4 rings (SSSR count). The summed E-state index contributed by atoms with van der Waals surface area (Å²) in [7, 11) is -2.37. The molecule has 0 N–H and O–H groups in total. The standard InChI is InChI=1S/C22H21ClN2O3S2/c1-15-20-10-12-29-21(20)9-11-25(15)22(26)16-5-3-8-19(13-16)30(27,28)24(2)18-7-4-6-17(23)14-18/h3-8,10,12-15H,9,11H2,1-2H3/t15-/m1/s1. The van der Waals surface area contributed by atoms with Crippen molar-refractivity contribution < 1.29 is 13.2 Å². The summed E-state index contributed by atoms with van der Waals surface area (Å²) in [4.78, 5) is 16.4. The molecule has 5 nitrogen and oxygen atoms in total. The van der Waals surface area contributed by atoms with E-state index in [0.717, 1.165) is 6.42 Å². The van der Waals surface area contributed by atoms with Crippen LogP contribution in [0.15, 0.2) is 64.9 Å². The first-order valence-corrected chi connectivity index (χ1v) is 12.2. The maximum Gasteiger partial charge on any atom is 0.264 e. The highest BCUT2D eigenvalue weighted by Gasteiger charge is 2.30. The number of nitrogens with zero attached hydrogens (tertiary/aromatic N) is 2. The van der Waals surface area contributed by atoms with Crippen molar-refractivity contribution in [1.82, 2.24) is 4.90 Å². The van der Waals surface area contributed by atoms with E-state index in [-0.39, 0.29) is 16.8 Å². The predicted molar refractivity (Wildman–Crippen MR) is 121 cm³/mol. The number of rotatable bonds is 4. The average molecular weight is 461 g/mol. The number of carbonyl (C=O) groups excluding carboxylic acids is 1. The Morgan fingerprint density at radius 3 is 2.70 bits per heavy atom. The van der Waals surface area contributed by atoms with Gasteiger partial charge in [0.1, 0.15) is 0 Å². The minimum absolute atomic E-state index is 0.0399. The summed E-state index contributed by atoms with van der Waals surface area (Å²) in [5, 5.41) is 2.50. The Hall–Kier alpha value is -2.35. The fraction of sp³-hybridized carbons (Fsp3) is 0.227. The third kappa shape index (κ3) is 3.73. The van der Waals surface area contributed by atoms with Crippen LogP contribution in [0.3, 0.4) is 0 Å². The van der Waals surface area contributed by atoms with Gasteiger partial charge in [-0.3, -0.25) is 9.10 Å². The molecule has 156 valence electrons. The van der Waals surface area contributed by atoms with Gasteiger partial charge in [-0.25, -0.2) is 8.42 Å². The molecule has 0 fully saturated rings. The summed E-state index contributed by atoms with van der Waals surface area (Å²) < 4.78 is 27.5. The van der Waals surface area contributed by atoms with Crippen molar-refractivity contribution in [1.29, 1.82) is 0 Å². The van der Waals surface area contributed by atoms with E-state index in [1.807, 2.05) is 17.2 Å². The molecule has 1 aliphatic rings. The molecule has 0 radical (unpaired) electrons. The molecule has 1 amide bonds. The Morgan fingerprint density at radius 2 is 1.93 bits per heavy atom. The molecule has 2 heterocycles.